The van der Waals surface area contributed by atoms with Gasteiger partial charge in [-0.3, -0.25) is 14.2 Å². The van der Waals surface area contributed by atoms with Crippen LogP contribution in [0.25, 0.3) is 16.7 Å². The molecular weight excluding hydrogens is 614 g/mol. The van der Waals surface area contributed by atoms with Gasteiger partial charge in [0.15, 0.2) is 0 Å². The van der Waals surface area contributed by atoms with E-state index in [2.05, 4.69) is 10.3 Å². The summed E-state index contributed by atoms with van der Waals surface area (Å²) >= 11 is 0. The molecule has 0 saturated carbocycles. The Bertz CT molecular complexity index is 1930. The number of nitrogens with zero attached hydrogens (tertiary/aromatic N) is 4. The number of pyridine rings is 1. The van der Waals surface area contributed by atoms with E-state index in [4.69, 9.17) is 4.74 Å². The second kappa shape index (κ2) is 12.4. The van der Waals surface area contributed by atoms with Gasteiger partial charge in [0.2, 0.25) is 0 Å². The van der Waals surface area contributed by atoms with Crippen LogP contribution in [0.1, 0.15) is 27.0 Å². The highest BCUT2D eigenvalue weighted by atomic mass is 19.4. The van der Waals surface area contributed by atoms with Crippen LogP contribution in [0.15, 0.2) is 58.3 Å². The molecular formula is C31H29F4N5O6. The first kappa shape index (κ1) is 32.3. The Kier molecular flexibility index (Phi) is 8.71. The summed E-state index contributed by atoms with van der Waals surface area (Å²) in [5.41, 5.74) is -0.366. The van der Waals surface area contributed by atoms with E-state index in [-0.39, 0.29) is 36.6 Å². The largest absolute Gasteiger partial charge is 0.480 e. The highest BCUT2D eigenvalue weighted by molar-refractivity contribution is 5.98. The van der Waals surface area contributed by atoms with E-state index in [0.717, 1.165) is 15.5 Å². The summed E-state index contributed by atoms with van der Waals surface area (Å²) in [6.07, 6.45) is -3.68. The van der Waals surface area contributed by atoms with E-state index < -0.39 is 59.4 Å². The number of halogens is 4. The summed E-state index contributed by atoms with van der Waals surface area (Å²) in [5.74, 6) is -3.63. The quantitative estimate of drug-likeness (QED) is 0.294. The molecule has 3 heterocycles. The van der Waals surface area contributed by atoms with Gasteiger partial charge in [-0.1, -0.05) is 18.2 Å². The van der Waals surface area contributed by atoms with Crippen molar-refractivity contribution in [1.29, 1.82) is 0 Å². The predicted octanol–water partition coefficient (Wildman–Crippen LogP) is 3.03. The number of carbonyl (C=O) groups excluding carboxylic acids is 1. The summed E-state index contributed by atoms with van der Waals surface area (Å²) in [6, 6.07) is 6.44. The SMILES string of the molecule is Cc1cc(N2CCOC[C@@H]2C(F)(F)F)cc(F)c1C(=O)N[C@@H](Cc1ccc(-n2c(=O)c3c(C)cccc3n(C)c2=O)nc1)C(=O)O. The van der Waals surface area contributed by atoms with Crippen LogP contribution in [0, 0.1) is 19.7 Å². The third-order valence-electron chi connectivity index (χ3n) is 7.93. The van der Waals surface area contributed by atoms with Crippen molar-refractivity contribution in [3.8, 4) is 5.82 Å². The number of alkyl halides is 3. The van der Waals surface area contributed by atoms with Crippen molar-refractivity contribution in [2.45, 2.75) is 38.5 Å². The number of hydrogen-bond acceptors (Lipinski definition) is 7. The molecule has 1 aliphatic rings. The molecule has 1 amide bonds. The van der Waals surface area contributed by atoms with Gasteiger partial charge in [-0.25, -0.2) is 23.5 Å². The van der Waals surface area contributed by atoms with Gasteiger partial charge >= 0.3 is 17.8 Å². The number of nitrogens with one attached hydrogen (secondary N) is 1. The lowest BCUT2D eigenvalue weighted by Gasteiger charge is -2.38. The number of aliphatic carboxylic acids is 1. The molecule has 0 unspecified atom stereocenters. The summed E-state index contributed by atoms with van der Waals surface area (Å²) in [6.45, 7) is 2.30. The van der Waals surface area contributed by atoms with Crippen LogP contribution in [0.2, 0.25) is 0 Å². The zero-order valence-electron chi connectivity index (χ0n) is 24.9. The fraction of sp³-hybridized carbons (Fsp3) is 0.323. The molecule has 2 aromatic carbocycles. The minimum atomic E-state index is -4.64. The number of amides is 1. The van der Waals surface area contributed by atoms with Crippen molar-refractivity contribution in [2.24, 2.45) is 7.05 Å². The zero-order chi connectivity index (χ0) is 33.5. The maximum atomic E-state index is 15.2. The molecule has 2 atom stereocenters. The molecule has 1 saturated heterocycles. The molecule has 15 heteroatoms. The molecule has 0 spiro atoms. The highest BCUT2D eigenvalue weighted by Gasteiger charge is 2.45. The third kappa shape index (κ3) is 6.09. The Morgan fingerprint density at radius 1 is 1.13 bits per heavy atom. The molecule has 4 aromatic rings. The van der Waals surface area contributed by atoms with Gasteiger partial charge in [0, 0.05) is 31.9 Å². The van der Waals surface area contributed by atoms with Gasteiger partial charge in [0.05, 0.1) is 29.7 Å². The summed E-state index contributed by atoms with van der Waals surface area (Å²) < 4.78 is 63.0. The average Bonchev–Trinajstić information content (AvgIpc) is 2.99. The number of ether oxygens (including phenoxy) is 1. The van der Waals surface area contributed by atoms with E-state index in [1.807, 2.05) is 0 Å². The van der Waals surface area contributed by atoms with E-state index in [1.165, 1.54) is 42.9 Å². The van der Waals surface area contributed by atoms with Crippen molar-refractivity contribution in [3.05, 3.63) is 97.6 Å². The predicted molar refractivity (Wildman–Crippen MR) is 159 cm³/mol. The van der Waals surface area contributed by atoms with E-state index in [0.29, 0.717) is 22.0 Å². The fourth-order valence-corrected chi connectivity index (χ4v) is 5.56. The normalized spacial score (nSPS) is 16.0. The lowest BCUT2D eigenvalue weighted by atomic mass is 10.0. The molecule has 0 bridgehead atoms. The van der Waals surface area contributed by atoms with Crippen molar-refractivity contribution >= 4 is 28.5 Å². The van der Waals surface area contributed by atoms with Crippen LogP contribution in [-0.2, 0) is 23.0 Å². The van der Waals surface area contributed by atoms with Crippen molar-refractivity contribution in [2.75, 3.05) is 24.7 Å². The molecule has 46 heavy (non-hydrogen) atoms. The Labute approximate surface area is 258 Å². The van der Waals surface area contributed by atoms with Crippen LogP contribution in [0.3, 0.4) is 0 Å². The lowest BCUT2D eigenvalue weighted by molar-refractivity contribution is -0.167. The number of carboxylic acid groups (broad SMARTS) is 1. The number of aromatic nitrogens is 3. The second-order valence-corrected chi connectivity index (χ2v) is 11.0. The second-order valence-electron chi connectivity index (χ2n) is 11.0. The molecule has 2 aromatic heterocycles. The van der Waals surface area contributed by atoms with Gasteiger partial charge in [0.1, 0.15) is 23.7 Å². The molecule has 0 aliphatic carbocycles. The molecule has 0 radical (unpaired) electrons. The molecule has 1 fully saturated rings. The minimum Gasteiger partial charge on any atom is -0.480 e. The minimum absolute atomic E-state index is 0.000927. The zero-order valence-corrected chi connectivity index (χ0v) is 24.9. The van der Waals surface area contributed by atoms with Crippen LogP contribution in [-0.4, -0.2) is 69.1 Å². The van der Waals surface area contributed by atoms with Crippen LogP contribution in [0.5, 0.6) is 0 Å². The smallest absolute Gasteiger partial charge is 0.411 e. The average molecular weight is 644 g/mol. The molecule has 1 aliphatic heterocycles. The van der Waals surface area contributed by atoms with Crippen LogP contribution < -0.4 is 21.5 Å². The monoisotopic (exact) mass is 643 g/mol. The number of rotatable bonds is 7. The maximum absolute atomic E-state index is 15.2. The number of fused-ring (bicyclic) bond motifs is 1. The van der Waals surface area contributed by atoms with Crippen molar-refractivity contribution in [1.82, 2.24) is 19.4 Å². The van der Waals surface area contributed by atoms with Gasteiger partial charge < -0.3 is 20.1 Å². The van der Waals surface area contributed by atoms with Crippen LogP contribution in [0.4, 0.5) is 23.2 Å². The van der Waals surface area contributed by atoms with Gasteiger partial charge in [-0.2, -0.15) is 13.2 Å². The van der Waals surface area contributed by atoms with Crippen molar-refractivity contribution < 1.29 is 37.0 Å². The van der Waals surface area contributed by atoms with Gasteiger partial charge in [0.25, 0.3) is 11.5 Å². The highest BCUT2D eigenvalue weighted by Crippen LogP contribution is 2.33. The topological polar surface area (TPSA) is 136 Å². The summed E-state index contributed by atoms with van der Waals surface area (Å²) in [4.78, 5) is 56.6. The molecule has 242 valence electrons. The van der Waals surface area contributed by atoms with Crippen LogP contribution >= 0.6 is 0 Å². The number of carboxylic acids is 1. The number of aryl methyl sites for hydroxylation is 3. The van der Waals surface area contributed by atoms with E-state index >= 15 is 4.39 Å². The summed E-state index contributed by atoms with van der Waals surface area (Å²) in [7, 11) is 1.52. The number of hydrogen-bond donors (Lipinski definition) is 2. The molecule has 11 nitrogen and oxygen atoms in total. The van der Waals surface area contributed by atoms with Crippen molar-refractivity contribution in [3.63, 3.8) is 0 Å². The first-order chi connectivity index (χ1) is 21.7. The Morgan fingerprint density at radius 3 is 2.50 bits per heavy atom. The Balaban J connectivity index is 1.37. The number of morpholine rings is 1. The lowest BCUT2D eigenvalue weighted by Crippen LogP contribution is -2.53. The fourth-order valence-electron chi connectivity index (χ4n) is 5.56. The van der Waals surface area contributed by atoms with E-state index in [9.17, 15) is 37.5 Å². The molecule has 2 N–H and O–H groups in total. The van der Waals surface area contributed by atoms with E-state index in [1.54, 1.807) is 25.1 Å². The third-order valence-corrected chi connectivity index (χ3v) is 7.93. The first-order valence-electron chi connectivity index (χ1n) is 14.1. The number of anilines is 1. The molecule has 5 rings (SSSR count). The maximum Gasteiger partial charge on any atom is 0.411 e. The van der Waals surface area contributed by atoms with Gasteiger partial charge in [-0.15, -0.1) is 0 Å². The number of benzene rings is 2. The standard InChI is InChI=1S/C31H29F4N5O6/c1-16-5-4-6-22-26(16)28(42)40(30(45)38(22)3)24-8-7-18(14-36-24)12-21(29(43)44)37-27(41)25-17(2)11-19(13-20(25)32)39-9-10-46-15-23(39)31(33,34)35/h4-8,11,13-14,21,23H,9-10,12,15H2,1-3H3,(H,37,41)(H,43,44)/t21-,23+/m0/s1. The Morgan fingerprint density at radius 2 is 1.87 bits per heavy atom. The first-order valence-corrected chi connectivity index (χ1v) is 14.1. The summed E-state index contributed by atoms with van der Waals surface area (Å²) in [5, 5.41) is 12.4. The Hall–Kier alpha value is -5.05. The number of carbonyl (C=O) groups is 2. The van der Waals surface area contributed by atoms with Gasteiger partial charge in [-0.05, 0) is 54.8 Å².